The Bertz CT molecular complexity index is 3450. The maximum absolute atomic E-state index is 13.3. The van der Waals surface area contributed by atoms with Gasteiger partial charge in [0.25, 0.3) is 0 Å². The highest BCUT2D eigenvalue weighted by atomic mass is 16.5. The molecule has 0 bridgehead atoms. The molecule has 2 saturated heterocycles. The van der Waals surface area contributed by atoms with Gasteiger partial charge in [-0.15, -0.1) is 0 Å². The molecule has 0 spiro atoms. The molecule has 0 saturated carbocycles. The van der Waals surface area contributed by atoms with Crippen LogP contribution in [0.5, 0.6) is 0 Å². The predicted octanol–water partition coefficient (Wildman–Crippen LogP) is 9.36. The predicted molar refractivity (Wildman–Crippen MR) is 282 cm³/mol. The molecule has 0 aliphatic carbocycles. The zero-order valence-corrected chi connectivity index (χ0v) is 40.0. The van der Waals surface area contributed by atoms with Crippen molar-refractivity contribution in [3.8, 4) is 33.8 Å². The molecule has 5 N–H and O–H groups in total. The maximum Gasteiger partial charge on any atom is 0.338 e. The van der Waals surface area contributed by atoms with Gasteiger partial charge in [0, 0.05) is 53.4 Å². The first-order chi connectivity index (χ1) is 35.5. The van der Waals surface area contributed by atoms with Gasteiger partial charge in [0.15, 0.2) is 0 Å². The van der Waals surface area contributed by atoms with Crippen LogP contribution in [0.4, 0.5) is 17.5 Å². The van der Waals surface area contributed by atoms with Crippen molar-refractivity contribution in [3.63, 3.8) is 0 Å². The van der Waals surface area contributed by atoms with Crippen LogP contribution in [-0.2, 0) is 11.3 Å². The molecule has 0 unspecified atom stereocenters. The van der Waals surface area contributed by atoms with Gasteiger partial charge in [-0.2, -0.15) is 15.3 Å². The number of piperidine rings is 2. The van der Waals surface area contributed by atoms with Crippen molar-refractivity contribution in [1.29, 1.82) is 0 Å². The van der Waals surface area contributed by atoms with Crippen LogP contribution in [0.2, 0.25) is 0 Å². The molecule has 10 aromatic rings. The maximum atomic E-state index is 13.3. The summed E-state index contributed by atoms with van der Waals surface area (Å²) in [5.74, 6) is 2.13. The molecule has 72 heavy (non-hydrogen) atoms. The number of hydrogen-bond donors (Lipinski definition) is 5. The number of ether oxygens (including phenoxy) is 1. The van der Waals surface area contributed by atoms with E-state index < -0.39 is 5.97 Å². The van der Waals surface area contributed by atoms with Crippen LogP contribution < -0.4 is 26.6 Å². The Morgan fingerprint density at radius 3 is 1.69 bits per heavy atom. The Morgan fingerprint density at radius 1 is 0.569 bits per heavy atom. The molecule has 16 heteroatoms. The van der Waals surface area contributed by atoms with E-state index in [9.17, 15) is 4.79 Å². The zero-order valence-electron chi connectivity index (χ0n) is 40.0. The zero-order chi connectivity index (χ0) is 48.6. The van der Waals surface area contributed by atoms with Crippen LogP contribution in [0, 0.1) is 0 Å². The highest BCUT2D eigenvalue weighted by Crippen LogP contribution is 2.29. The van der Waals surface area contributed by atoms with Crippen LogP contribution in [-0.4, -0.2) is 88.0 Å². The number of carbonyl (C=O) groups is 1. The number of aromatic nitrogens is 9. The molecule has 362 valence electrons. The summed E-state index contributed by atoms with van der Waals surface area (Å²) < 4.78 is 11.2. The Hall–Kier alpha value is -8.47. The first-order valence-electron chi connectivity index (χ1n) is 24.7. The number of nitrogens with zero attached hydrogens (tertiary/aromatic N) is 9. The van der Waals surface area contributed by atoms with Crippen molar-refractivity contribution >= 4 is 40.0 Å². The summed E-state index contributed by atoms with van der Waals surface area (Å²) in [7, 11) is 0. The molecule has 0 radical (unpaired) electrons. The lowest BCUT2D eigenvalue weighted by atomic mass is 10.1. The van der Waals surface area contributed by atoms with Crippen molar-refractivity contribution in [1.82, 2.24) is 54.4 Å². The number of rotatable bonds is 13. The number of carbonyl (C=O) groups excluding carboxylic acids is 1. The summed E-state index contributed by atoms with van der Waals surface area (Å²) in [4.78, 5) is 27.9. The second kappa shape index (κ2) is 21.3. The molecular weight excluding hydrogens is 901 g/mol. The molecule has 11 heterocycles. The molecule has 1 atom stereocenters. The van der Waals surface area contributed by atoms with Crippen molar-refractivity contribution < 1.29 is 9.53 Å². The Morgan fingerprint density at radius 2 is 1.08 bits per heavy atom. The van der Waals surface area contributed by atoms with Crippen molar-refractivity contribution in [2.45, 2.75) is 57.3 Å². The first-order valence-corrected chi connectivity index (χ1v) is 24.7. The fourth-order valence-electron chi connectivity index (χ4n) is 9.37. The highest BCUT2D eigenvalue weighted by molar-refractivity contribution is 5.92. The normalized spacial score (nSPS) is 14.7. The third-order valence-electron chi connectivity index (χ3n) is 13.3. The lowest BCUT2D eigenvalue weighted by molar-refractivity contribution is 0.0472. The summed E-state index contributed by atoms with van der Waals surface area (Å²) in [5, 5.41) is 30.8. The second-order valence-corrected chi connectivity index (χ2v) is 18.2. The largest absolute Gasteiger partial charge is 0.457 e. The smallest absolute Gasteiger partial charge is 0.338 e. The van der Waals surface area contributed by atoms with E-state index in [4.69, 9.17) is 19.7 Å². The minimum absolute atomic E-state index is 0.0969. The van der Waals surface area contributed by atoms with E-state index in [1.54, 1.807) is 27.5 Å². The summed E-state index contributed by atoms with van der Waals surface area (Å²) in [6.07, 6.45) is 15.5. The van der Waals surface area contributed by atoms with Gasteiger partial charge in [-0.1, -0.05) is 54.6 Å². The van der Waals surface area contributed by atoms with Gasteiger partial charge in [-0.05, 0) is 143 Å². The second-order valence-electron chi connectivity index (χ2n) is 18.2. The SMILES string of the molecule is C[C@H](Nc1cccc(-c2cnn3ccc(COC(=O)c4ccn5ncc(-c6cccc(NC7CCNCC7)n6)c5c4)cc23)n1)c1ccccc1.c1cc(NC2CCNCC2)nc(-c2cnn3ccccc23)c1. The fourth-order valence-corrected chi connectivity index (χ4v) is 9.37. The minimum atomic E-state index is -0.421. The topological polar surface area (TPSA) is 177 Å². The van der Waals surface area contributed by atoms with Gasteiger partial charge in [0.2, 0.25) is 0 Å². The average molecular weight is 957 g/mol. The third-order valence-corrected chi connectivity index (χ3v) is 13.3. The molecule has 1 aromatic carbocycles. The Balaban J connectivity index is 0.000000211. The number of anilines is 3. The van der Waals surface area contributed by atoms with Crippen LogP contribution in [0.15, 0.2) is 165 Å². The van der Waals surface area contributed by atoms with Gasteiger partial charge in [-0.3, -0.25) is 0 Å². The van der Waals surface area contributed by atoms with Crippen molar-refractivity contribution in [2.75, 3.05) is 42.1 Å². The summed E-state index contributed by atoms with van der Waals surface area (Å²) in [6.45, 7) is 6.37. The van der Waals surface area contributed by atoms with Gasteiger partial charge >= 0.3 is 5.97 Å². The molecule has 0 amide bonds. The molecule has 2 aliphatic rings. The van der Waals surface area contributed by atoms with Gasteiger partial charge in [0.05, 0.1) is 57.8 Å². The van der Waals surface area contributed by atoms with Crippen LogP contribution >= 0.6 is 0 Å². The molecule has 12 rings (SSSR count). The Labute approximate surface area is 416 Å². The molecule has 9 aromatic heterocycles. The molecule has 16 nitrogen and oxygen atoms in total. The fraction of sp³-hybridized carbons (Fsp3) is 0.232. The summed E-state index contributed by atoms with van der Waals surface area (Å²) >= 11 is 0. The minimum Gasteiger partial charge on any atom is -0.457 e. The molecule has 2 aliphatic heterocycles. The van der Waals surface area contributed by atoms with E-state index >= 15 is 0 Å². The number of nitrogens with one attached hydrogen (secondary N) is 5. The van der Waals surface area contributed by atoms with Crippen LogP contribution in [0.1, 0.15) is 60.1 Å². The monoisotopic (exact) mass is 956 g/mol. The average Bonchev–Trinajstić information content (AvgIpc) is 4.19. The lowest BCUT2D eigenvalue weighted by Crippen LogP contribution is -2.35. The number of pyridine rings is 6. The lowest BCUT2D eigenvalue weighted by Gasteiger charge is -2.24. The number of esters is 1. The quantitative estimate of drug-likeness (QED) is 0.0692. The highest BCUT2D eigenvalue weighted by Gasteiger charge is 2.18. The standard InChI is InChI=1S/C39H37N9O2.C17H19N5/c1-26(28-7-3-2-4-8-28)43-37-11-5-9-33(45-37)31-23-41-47-19-15-27(21-35(31)47)25-50-39(49)29-16-20-48-36(22-29)32(24-42-48)34-10-6-12-38(46-34)44-30-13-17-40-18-14-30;1-2-11-22-16(5-1)14(12-19-22)15-4-3-6-17(21-15)20-13-7-9-18-10-8-13/h2-12,15-16,19-24,26,30,40H,13-14,17-18,25H2,1H3,(H,43,45)(H,44,46);1-6,11-13,18H,7-10H2,(H,20,21)/t26-;/m0./s1. The van der Waals surface area contributed by atoms with E-state index in [0.29, 0.717) is 17.6 Å². The number of benzene rings is 1. The van der Waals surface area contributed by atoms with Crippen LogP contribution in [0.25, 0.3) is 50.3 Å². The first kappa shape index (κ1) is 45.9. The summed E-state index contributed by atoms with van der Waals surface area (Å²) in [5.41, 5.74) is 10.5. The van der Waals surface area contributed by atoms with Crippen LogP contribution in [0.3, 0.4) is 0 Å². The van der Waals surface area contributed by atoms with Gasteiger partial charge in [0.1, 0.15) is 24.1 Å². The van der Waals surface area contributed by atoms with E-state index in [2.05, 4.69) is 73.1 Å². The van der Waals surface area contributed by atoms with Gasteiger partial charge in [-0.25, -0.2) is 33.3 Å². The van der Waals surface area contributed by atoms with E-state index in [0.717, 1.165) is 125 Å². The summed E-state index contributed by atoms with van der Waals surface area (Å²) in [6, 6.07) is 42.8. The van der Waals surface area contributed by atoms with Crippen molar-refractivity contribution in [3.05, 3.63) is 181 Å². The van der Waals surface area contributed by atoms with E-state index in [-0.39, 0.29) is 12.6 Å². The molecular formula is C56H56N14O2. The number of fused-ring (bicyclic) bond motifs is 3. The van der Waals surface area contributed by atoms with Gasteiger partial charge < -0.3 is 31.3 Å². The molecule has 2 fully saturated rings. The third kappa shape index (κ3) is 10.5. The van der Waals surface area contributed by atoms with E-state index in [1.807, 2.05) is 126 Å². The van der Waals surface area contributed by atoms with E-state index in [1.165, 1.54) is 5.56 Å². The van der Waals surface area contributed by atoms with Crippen molar-refractivity contribution in [2.24, 2.45) is 0 Å². The number of hydrogen-bond acceptors (Lipinski definition) is 13. The Kier molecular flexibility index (Phi) is 13.6.